The van der Waals surface area contributed by atoms with Crippen LogP contribution in [0.3, 0.4) is 0 Å². The Bertz CT molecular complexity index is 1030. The Balaban J connectivity index is 1.47. The second kappa shape index (κ2) is 10.9. The molecule has 0 saturated carbocycles. The molecule has 1 heterocycles. The molecule has 2 aromatic carbocycles. The SMILES string of the molecule is COc1cc(NC(=O)COC(=O)CON=C(C)c2ccc3c(c2)OCO3)cc(OC)c1OC. The zero-order chi connectivity index (χ0) is 23.8. The van der Waals surface area contributed by atoms with Crippen LogP contribution in [0.2, 0.25) is 0 Å². The van der Waals surface area contributed by atoms with Crippen molar-refractivity contribution in [2.45, 2.75) is 6.92 Å². The van der Waals surface area contributed by atoms with Gasteiger partial charge in [-0.2, -0.15) is 0 Å². The van der Waals surface area contributed by atoms with Crippen LogP contribution in [0.1, 0.15) is 12.5 Å². The van der Waals surface area contributed by atoms with Crippen molar-refractivity contribution in [2.24, 2.45) is 5.16 Å². The average molecular weight is 460 g/mol. The number of oxime groups is 1. The molecule has 176 valence electrons. The summed E-state index contributed by atoms with van der Waals surface area (Å²) >= 11 is 0. The first-order valence-corrected chi connectivity index (χ1v) is 9.77. The molecule has 1 amide bonds. The molecule has 11 nitrogen and oxygen atoms in total. The van der Waals surface area contributed by atoms with Crippen molar-refractivity contribution >= 4 is 23.3 Å². The van der Waals surface area contributed by atoms with E-state index in [1.165, 1.54) is 21.3 Å². The third kappa shape index (κ3) is 5.97. The van der Waals surface area contributed by atoms with Crippen LogP contribution in [-0.4, -0.2) is 58.9 Å². The number of hydrogen-bond donors (Lipinski definition) is 1. The molecule has 0 bridgehead atoms. The van der Waals surface area contributed by atoms with Crippen molar-refractivity contribution in [1.29, 1.82) is 0 Å². The van der Waals surface area contributed by atoms with E-state index < -0.39 is 25.1 Å². The van der Waals surface area contributed by atoms with Crippen LogP contribution in [0.4, 0.5) is 5.69 Å². The Morgan fingerprint density at radius 1 is 0.970 bits per heavy atom. The van der Waals surface area contributed by atoms with Crippen molar-refractivity contribution in [3.05, 3.63) is 35.9 Å². The molecule has 1 N–H and O–H groups in total. The van der Waals surface area contributed by atoms with E-state index in [2.05, 4.69) is 10.5 Å². The second-order valence-corrected chi connectivity index (χ2v) is 6.64. The van der Waals surface area contributed by atoms with E-state index in [4.69, 9.17) is 33.3 Å². The molecule has 11 heteroatoms. The number of rotatable bonds is 10. The fourth-order valence-electron chi connectivity index (χ4n) is 2.89. The van der Waals surface area contributed by atoms with Gasteiger partial charge in [-0.25, -0.2) is 4.79 Å². The number of amides is 1. The number of nitrogens with one attached hydrogen (secondary N) is 1. The Labute approximate surface area is 190 Å². The van der Waals surface area contributed by atoms with E-state index in [0.29, 0.717) is 40.1 Å². The van der Waals surface area contributed by atoms with Crippen LogP contribution in [0, 0.1) is 0 Å². The monoisotopic (exact) mass is 460 g/mol. The van der Waals surface area contributed by atoms with Crippen molar-refractivity contribution < 1.29 is 42.8 Å². The Hall–Kier alpha value is -4.15. The predicted molar refractivity (Wildman–Crippen MR) is 116 cm³/mol. The van der Waals surface area contributed by atoms with Gasteiger partial charge in [0.2, 0.25) is 19.1 Å². The van der Waals surface area contributed by atoms with Gasteiger partial charge in [0.15, 0.2) is 29.6 Å². The minimum Gasteiger partial charge on any atom is -0.493 e. The molecule has 0 unspecified atom stereocenters. The smallest absolute Gasteiger partial charge is 0.347 e. The zero-order valence-electron chi connectivity index (χ0n) is 18.6. The lowest BCUT2D eigenvalue weighted by Gasteiger charge is -2.14. The number of carbonyl (C=O) groups is 2. The molecule has 0 saturated heterocycles. The minimum absolute atomic E-state index is 0.171. The number of hydrogen-bond acceptors (Lipinski definition) is 10. The number of methoxy groups -OCH3 is 3. The van der Waals surface area contributed by atoms with E-state index in [-0.39, 0.29) is 6.79 Å². The van der Waals surface area contributed by atoms with E-state index >= 15 is 0 Å². The molecule has 0 aromatic heterocycles. The zero-order valence-corrected chi connectivity index (χ0v) is 18.6. The second-order valence-electron chi connectivity index (χ2n) is 6.64. The quantitative estimate of drug-likeness (QED) is 0.323. The number of anilines is 1. The summed E-state index contributed by atoms with van der Waals surface area (Å²) < 4.78 is 31.2. The summed E-state index contributed by atoms with van der Waals surface area (Å²) in [7, 11) is 4.39. The van der Waals surface area contributed by atoms with Crippen LogP contribution >= 0.6 is 0 Å². The fourth-order valence-corrected chi connectivity index (χ4v) is 2.89. The Kier molecular flexibility index (Phi) is 7.79. The highest BCUT2D eigenvalue weighted by molar-refractivity contribution is 5.99. The summed E-state index contributed by atoms with van der Waals surface area (Å²) in [5.41, 5.74) is 1.66. The van der Waals surface area contributed by atoms with Gasteiger partial charge in [0.05, 0.1) is 27.0 Å². The van der Waals surface area contributed by atoms with Crippen molar-refractivity contribution in [3.8, 4) is 28.7 Å². The normalized spacial score (nSPS) is 12.1. The summed E-state index contributed by atoms with van der Waals surface area (Å²) in [6.07, 6.45) is 0. The maximum atomic E-state index is 12.1. The highest BCUT2D eigenvalue weighted by atomic mass is 16.7. The molecule has 33 heavy (non-hydrogen) atoms. The summed E-state index contributed by atoms with van der Waals surface area (Å²) in [6.45, 7) is 0.918. The van der Waals surface area contributed by atoms with Gasteiger partial charge in [-0.05, 0) is 25.1 Å². The summed E-state index contributed by atoms with van der Waals surface area (Å²) in [6, 6.07) is 8.42. The topological polar surface area (TPSA) is 123 Å². The fraction of sp³-hybridized carbons (Fsp3) is 0.318. The minimum atomic E-state index is -0.753. The third-order valence-corrected chi connectivity index (χ3v) is 4.49. The molecular formula is C22H24N2O9. The van der Waals surface area contributed by atoms with Crippen LogP contribution < -0.4 is 29.0 Å². The van der Waals surface area contributed by atoms with Gasteiger partial charge >= 0.3 is 5.97 Å². The van der Waals surface area contributed by atoms with E-state index in [0.717, 1.165) is 5.56 Å². The first-order valence-electron chi connectivity index (χ1n) is 9.77. The van der Waals surface area contributed by atoms with Crippen molar-refractivity contribution in [3.63, 3.8) is 0 Å². The summed E-state index contributed by atoms with van der Waals surface area (Å²) in [4.78, 5) is 29.0. The molecule has 1 aliphatic heterocycles. The molecule has 0 radical (unpaired) electrons. The predicted octanol–water partition coefficient (Wildman–Crippen LogP) is 2.36. The van der Waals surface area contributed by atoms with Gasteiger partial charge in [-0.1, -0.05) is 5.16 Å². The number of esters is 1. The number of ether oxygens (including phenoxy) is 6. The standard InChI is InChI=1S/C22H24N2O9/c1-13(14-5-6-16-17(7-14)32-12-31-16)24-33-11-21(26)30-10-20(25)23-15-8-18(27-2)22(29-4)19(9-15)28-3/h5-9H,10-12H2,1-4H3,(H,23,25). The number of carbonyl (C=O) groups excluding carboxylic acids is 2. The largest absolute Gasteiger partial charge is 0.493 e. The van der Waals surface area contributed by atoms with E-state index in [1.807, 2.05) is 0 Å². The molecule has 0 fully saturated rings. The Morgan fingerprint density at radius 2 is 1.67 bits per heavy atom. The first kappa shape index (κ1) is 23.5. The maximum Gasteiger partial charge on any atom is 0.347 e. The van der Waals surface area contributed by atoms with Gasteiger partial charge in [0.1, 0.15) is 0 Å². The number of nitrogens with zero attached hydrogens (tertiary/aromatic N) is 1. The van der Waals surface area contributed by atoms with Crippen molar-refractivity contribution in [1.82, 2.24) is 0 Å². The third-order valence-electron chi connectivity index (χ3n) is 4.49. The number of benzene rings is 2. The van der Waals surface area contributed by atoms with E-state index in [9.17, 15) is 9.59 Å². The van der Waals surface area contributed by atoms with Gasteiger partial charge in [-0.15, -0.1) is 0 Å². The van der Waals surface area contributed by atoms with Crippen molar-refractivity contribution in [2.75, 3.05) is 46.7 Å². The molecule has 2 aromatic rings. The summed E-state index contributed by atoms with van der Waals surface area (Å²) in [5, 5.41) is 6.48. The van der Waals surface area contributed by atoms with Gasteiger partial charge in [-0.3, -0.25) is 4.79 Å². The molecule has 3 rings (SSSR count). The Morgan fingerprint density at radius 3 is 2.33 bits per heavy atom. The lowest BCUT2D eigenvalue weighted by molar-refractivity contribution is -0.151. The first-order chi connectivity index (χ1) is 15.9. The van der Waals surface area contributed by atoms with Crippen LogP contribution in [-0.2, 0) is 19.2 Å². The molecule has 0 spiro atoms. The molecule has 0 aliphatic carbocycles. The maximum absolute atomic E-state index is 12.1. The lowest BCUT2D eigenvalue weighted by atomic mass is 10.1. The van der Waals surface area contributed by atoms with Crippen LogP contribution in [0.25, 0.3) is 0 Å². The molecule has 1 aliphatic rings. The lowest BCUT2D eigenvalue weighted by Crippen LogP contribution is -2.22. The van der Waals surface area contributed by atoms with Crippen LogP contribution in [0.15, 0.2) is 35.5 Å². The number of fused-ring (bicyclic) bond motifs is 1. The van der Waals surface area contributed by atoms with Gasteiger partial charge < -0.3 is 38.6 Å². The summed E-state index contributed by atoms with van der Waals surface area (Å²) in [5.74, 6) is 1.08. The van der Waals surface area contributed by atoms with Gasteiger partial charge in [0, 0.05) is 23.4 Å². The van der Waals surface area contributed by atoms with Crippen LogP contribution in [0.5, 0.6) is 28.7 Å². The molecule has 0 atom stereocenters. The van der Waals surface area contributed by atoms with Gasteiger partial charge in [0.25, 0.3) is 5.91 Å². The van der Waals surface area contributed by atoms with E-state index in [1.54, 1.807) is 37.3 Å². The molecular weight excluding hydrogens is 436 g/mol. The highest BCUT2D eigenvalue weighted by Crippen LogP contribution is 2.39. The average Bonchev–Trinajstić information content (AvgIpc) is 3.30. The highest BCUT2D eigenvalue weighted by Gasteiger charge is 2.16.